The Labute approximate surface area is 233 Å². The molecule has 3 rings (SSSR count). The topological polar surface area (TPSA) is 44.8 Å². The van der Waals surface area contributed by atoms with Crippen LogP contribution in [0.25, 0.3) is 11.1 Å². The molecule has 0 saturated heterocycles. The van der Waals surface area contributed by atoms with Crippen molar-refractivity contribution < 1.29 is 27.8 Å². The molecule has 216 valence electrons. The maximum atomic E-state index is 14.6. The van der Waals surface area contributed by atoms with Crippen molar-refractivity contribution >= 4 is 5.97 Å². The molecule has 0 amide bonds. The minimum absolute atomic E-state index is 0.194. The molecule has 1 saturated carbocycles. The zero-order chi connectivity index (χ0) is 27.9. The van der Waals surface area contributed by atoms with Crippen LogP contribution < -0.4 is 9.47 Å². The third kappa shape index (κ3) is 10.8. The van der Waals surface area contributed by atoms with Gasteiger partial charge in [-0.1, -0.05) is 77.0 Å². The van der Waals surface area contributed by atoms with Crippen LogP contribution in [0.3, 0.4) is 0 Å². The molecule has 0 spiro atoms. The van der Waals surface area contributed by atoms with Gasteiger partial charge in [0.1, 0.15) is 11.9 Å². The van der Waals surface area contributed by atoms with E-state index in [1.807, 2.05) is 37.3 Å². The summed E-state index contributed by atoms with van der Waals surface area (Å²) in [5.41, 5.74) is 1.71. The lowest BCUT2D eigenvalue weighted by molar-refractivity contribution is -0.157. The summed E-state index contributed by atoms with van der Waals surface area (Å²) < 4.78 is 45.5. The largest absolute Gasteiger partial charge is 0.493 e. The molecule has 0 heterocycles. The van der Waals surface area contributed by atoms with Gasteiger partial charge in [0.25, 0.3) is 0 Å². The third-order valence-corrected chi connectivity index (χ3v) is 7.50. The molecule has 0 radical (unpaired) electrons. The number of carbonyl (C=O) groups is 1. The lowest BCUT2D eigenvalue weighted by Gasteiger charge is -2.28. The Morgan fingerprint density at radius 3 is 2.21 bits per heavy atom. The minimum Gasteiger partial charge on any atom is -0.493 e. The highest BCUT2D eigenvalue weighted by Crippen LogP contribution is 2.30. The summed E-state index contributed by atoms with van der Waals surface area (Å²) in [6.07, 6.45) is 10.4. The first kappa shape index (κ1) is 30.9. The van der Waals surface area contributed by atoms with Crippen LogP contribution in [0.15, 0.2) is 42.5 Å². The molecule has 0 N–H and O–H groups in total. The van der Waals surface area contributed by atoms with Crippen LogP contribution in [0, 0.1) is 11.7 Å². The number of rotatable bonds is 17. The van der Waals surface area contributed by atoms with Crippen LogP contribution in [-0.4, -0.2) is 31.5 Å². The Kier molecular flexibility index (Phi) is 13.6. The van der Waals surface area contributed by atoms with Crippen molar-refractivity contribution in [3.8, 4) is 22.6 Å². The van der Waals surface area contributed by atoms with Gasteiger partial charge < -0.3 is 14.2 Å². The van der Waals surface area contributed by atoms with Gasteiger partial charge in [-0.2, -0.15) is 0 Å². The number of halogens is 2. The van der Waals surface area contributed by atoms with E-state index in [9.17, 15) is 13.6 Å². The Morgan fingerprint density at radius 2 is 1.51 bits per heavy atom. The summed E-state index contributed by atoms with van der Waals surface area (Å²) >= 11 is 0. The molecule has 2 aromatic carbocycles. The Hall–Kier alpha value is -2.63. The molecule has 2 aromatic rings. The lowest BCUT2D eigenvalue weighted by Crippen LogP contribution is -2.30. The summed E-state index contributed by atoms with van der Waals surface area (Å²) in [7, 11) is 0. The van der Waals surface area contributed by atoms with Crippen LogP contribution >= 0.6 is 0 Å². The van der Waals surface area contributed by atoms with Gasteiger partial charge in [-0.05, 0) is 79.8 Å². The number of esters is 1. The lowest BCUT2D eigenvalue weighted by atomic mass is 9.88. The highest BCUT2D eigenvalue weighted by molar-refractivity contribution is 5.74. The van der Waals surface area contributed by atoms with Crippen molar-refractivity contribution in [3.05, 3.63) is 48.3 Å². The Morgan fingerprint density at radius 1 is 0.846 bits per heavy atom. The standard InChI is InChI=1S/C33H46F2O4/c1-3-5-7-8-9-10-22-37-32-21-16-27(23-31(32)35)26-14-19-28(20-15-26)38-24-25-12-17-29(18-13-25)39-33(36)30(34)11-6-4-2/h14-16,19-21,23,25,29-30H,3-13,17-18,22,24H2,1-2H3/t25-,29-,30-/m1/s1. The van der Waals surface area contributed by atoms with Crippen molar-refractivity contribution in [2.45, 2.75) is 110 Å². The summed E-state index contributed by atoms with van der Waals surface area (Å²) in [5, 5.41) is 0. The van der Waals surface area contributed by atoms with Crippen molar-refractivity contribution in [2.24, 2.45) is 5.92 Å². The molecule has 0 aliphatic heterocycles. The fourth-order valence-electron chi connectivity index (χ4n) is 4.98. The number of benzene rings is 2. The van der Waals surface area contributed by atoms with Gasteiger partial charge >= 0.3 is 5.97 Å². The predicted molar refractivity (Wildman–Crippen MR) is 152 cm³/mol. The summed E-state index contributed by atoms with van der Waals surface area (Å²) in [5.74, 6) is 0.390. The van der Waals surface area contributed by atoms with E-state index >= 15 is 0 Å². The molecule has 1 aliphatic rings. The zero-order valence-electron chi connectivity index (χ0n) is 23.8. The van der Waals surface area contributed by atoms with Crippen LogP contribution in [0.1, 0.15) is 97.3 Å². The highest BCUT2D eigenvalue weighted by Gasteiger charge is 2.27. The first-order valence-corrected chi connectivity index (χ1v) is 15.0. The van der Waals surface area contributed by atoms with Gasteiger partial charge in [0.2, 0.25) is 0 Å². The average Bonchev–Trinajstić information content (AvgIpc) is 2.96. The fourth-order valence-corrected chi connectivity index (χ4v) is 4.98. The van der Waals surface area contributed by atoms with E-state index < -0.39 is 12.1 Å². The zero-order valence-corrected chi connectivity index (χ0v) is 23.8. The predicted octanol–water partition coefficient (Wildman–Crippen LogP) is 9.24. The first-order valence-electron chi connectivity index (χ1n) is 15.0. The molecule has 0 unspecified atom stereocenters. The van der Waals surface area contributed by atoms with E-state index in [0.29, 0.717) is 31.3 Å². The second-order valence-electron chi connectivity index (χ2n) is 10.8. The van der Waals surface area contributed by atoms with E-state index in [0.717, 1.165) is 61.8 Å². The molecule has 0 bridgehead atoms. The number of unbranched alkanes of at least 4 members (excludes halogenated alkanes) is 6. The summed E-state index contributed by atoms with van der Waals surface area (Å²) in [6.45, 7) is 5.30. The number of alkyl halides is 1. The molecule has 1 fully saturated rings. The number of hydrogen-bond acceptors (Lipinski definition) is 4. The molecule has 1 aliphatic carbocycles. The van der Waals surface area contributed by atoms with Crippen LogP contribution in [0.2, 0.25) is 0 Å². The smallest absolute Gasteiger partial charge is 0.340 e. The van der Waals surface area contributed by atoms with Crippen molar-refractivity contribution in [1.29, 1.82) is 0 Å². The van der Waals surface area contributed by atoms with E-state index in [2.05, 4.69) is 6.92 Å². The quantitative estimate of drug-likeness (QED) is 0.147. The normalized spacial score (nSPS) is 17.9. The molecule has 6 heteroatoms. The highest BCUT2D eigenvalue weighted by atomic mass is 19.1. The summed E-state index contributed by atoms with van der Waals surface area (Å²) in [4.78, 5) is 11.9. The van der Waals surface area contributed by atoms with Crippen molar-refractivity contribution in [2.75, 3.05) is 13.2 Å². The van der Waals surface area contributed by atoms with E-state index in [1.165, 1.54) is 31.7 Å². The average molecular weight is 545 g/mol. The fraction of sp³-hybridized carbons (Fsp3) is 0.606. The van der Waals surface area contributed by atoms with Gasteiger partial charge in [0, 0.05) is 0 Å². The molecular formula is C33H46F2O4. The Bertz CT molecular complexity index is 970. The monoisotopic (exact) mass is 544 g/mol. The van der Waals surface area contributed by atoms with E-state index in [1.54, 1.807) is 6.07 Å². The Balaban J connectivity index is 1.37. The summed E-state index contributed by atoms with van der Waals surface area (Å²) in [6, 6.07) is 12.8. The molecular weight excluding hydrogens is 498 g/mol. The maximum absolute atomic E-state index is 14.6. The van der Waals surface area contributed by atoms with Gasteiger partial charge in [-0.3, -0.25) is 0 Å². The molecule has 39 heavy (non-hydrogen) atoms. The van der Waals surface area contributed by atoms with E-state index in [4.69, 9.17) is 14.2 Å². The third-order valence-electron chi connectivity index (χ3n) is 7.50. The molecule has 1 atom stereocenters. The second kappa shape index (κ2) is 17.1. The van der Waals surface area contributed by atoms with Gasteiger partial charge in [0.15, 0.2) is 17.7 Å². The number of carbonyl (C=O) groups excluding carboxylic acids is 1. The van der Waals surface area contributed by atoms with Crippen LogP contribution in [0.4, 0.5) is 8.78 Å². The first-order chi connectivity index (χ1) is 19.0. The minimum atomic E-state index is -1.51. The van der Waals surface area contributed by atoms with Crippen LogP contribution in [-0.2, 0) is 9.53 Å². The van der Waals surface area contributed by atoms with Gasteiger partial charge in [-0.15, -0.1) is 0 Å². The van der Waals surface area contributed by atoms with Crippen molar-refractivity contribution in [1.82, 2.24) is 0 Å². The molecule has 4 nitrogen and oxygen atoms in total. The van der Waals surface area contributed by atoms with Crippen molar-refractivity contribution in [3.63, 3.8) is 0 Å². The van der Waals surface area contributed by atoms with Gasteiger partial charge in [0.05, 0.1) is 13.2 Å². The second-order valence-corrected chi connectivity index (χ2v) is 10.8. The number of ether oxygens (including phenoxy) is 3. The molecule has 0 aromatic heterocycles. The number of hydrogen-bond donors (Lipinski definition) is 0. The van der Waals surface area contributed by atoms with E-state index in [-0.39, 0.29) is 18.3 Å². The van der Waals surface area contributed by atoms with Gasteiger partial charge in [-0.25, -0.2) is 13.6 Å². The van der Waals surface area contributed by atoms with Crippen LogP contribution in [0.5, 0.6) is 11.5 Å². The maximum Gasteiger partial charge on any atom is 0.340 e. The SMILES string of the molecule is CCCCCCCCOc1ccc(-c2ccc(OC[C@H]3CC[C@H](OC(=O)[C@H](F)CCCC)CC3)cc2)cc1F.